The maximum Gasteiger partial charge on any atom is 0.120 e. The first-order valence-electron chi connectivity index (χ1n) is 5.49. The van der Waals surface area contributed by atoms with Crippen LogP contribution in [0.3, 0.4) is 0 Å². The molecule has 0 bridgehead atoms. The van der Waals surface area contributed by atoms with E-state index in [1.165, 1.54) is 0 Å². The van der Waals surface area contributed by atoms with Crippen molar-refractivity contribution in [2.75, 3.05) is 6.54 Å². The molecule has 1 aliphatic rings. The Balaban J connectivity index is 2.09. The summed E-state index contributed by atoms with van der Waals surface area (Å²) in [7, 11) is 0. The molecule has 17 heavy (non-hydrogen) atoms. The van der Waals surface area contributed by atoms with Crippen LogP contribution >= 0.6 is 15.9 Å². The molecule has 0 aliphatic carbocycles. The van der Waals surface area contributed by atoms with E-state index in [0.717, 1.165) is 34.4 Å². The number of phenols is 1. The number of nitrogens with zero attached hydrogens (tertiary/aromatic N) is 1. The van der Waals surface area contributed by atoms with Crippen LogP contribution in [0.1, 0.15) is 23.0 Å². The summed E-state index contributed by atoms with van der Waals surface area (Å²) < 4.78 is 0.953. The second kappa shape index (κ2) is 4.16. The molecule has 5 heteroatoms. The first kappa shape index (κ1) is 10.8. The van der Waals surface area contributed by atoms with Gasteiger partial charge in [-0.15, -0.1) is 0 Å². The molecular weight excluding hydrogens is 282 g/mol. The maximum absolute atomic E-state index is 9.95. The van der Waals surface area contributed by atoms with Crippen molar-refractivity contribution in [3.63, 3.8) is 0 Å². The van der Waals surface area contributed by atoms with Crippen LogP contribution in [0, 0.1) is 0 Å². The third kappa shape index (κ3) is 1.85. The standard InChI is InChI=1S/C12H12BrN3O/c13-7-1-2-10(17)8(5-7)11-12-9(3-4-14-11)15-6-16-12/h1-2,5-6,11,14,17H,3-4H2,(H,15,16). The van der Waals surface area contributed by atoms with E-state index in [-0.39, 0.29) is 6.04 Å². The van der Waals surface area contributed by atoms with E-state index in [0.29, 0.717) is 5.75 Å². The van der Waals surface area contributed by atoms with Crippen LogP contribution in [-0.4, -0.2) is 21.6 Å². The van der Waals surface area contributed by atoms with Crippen LogP contribution in [0.15, 0.2) is 29.0 Å². The highest BCUT2D eigenvalue weighted by Crippen LogP contribution is 2.33. The van der Waals surface area contributed by atoms with Gasteiger partial charge in [0.2, 0.25) is 0 Å². The number of hydrogen-bond acceptors (Lipinski definition) is 3. The topological polar surface area (TPSA) is 60.9 Å². The lowest BCUT2D eigenvalue weighted by Gasteiger charge is -2.24. The average Bonchev–Trinajstić information content (AvgIpc) is 2.80. The van der Waals surface area contributed by atoms with Crippen molar-refractivity contribution in [2.24, 2.45) is 0 Å². The summed E-state index contributed by atoms with van der Waals surface area (Å²) in [4.78, 5) is 7.49. The highest BCUT2D eigenvalue weighted by atomic mass is 79.9. The molecule has 1 atom stereocenters. The van der Waals surface area contributed by atoms with Gasteiger partial charge in [0.25, 0.3) is 0 Å². The Bertz CT molecular complexity index is 552. The maximum atomic E-state index is 9.95. The monoisotopic (exact) mass is 293 g/mol. The highest BCUT2D eigenvalue weighted by molar-refractivity contribution is 9.10. The van der Waals surface area contributed by atoms with Crippen molar-refractivity contribution >= 4 is 15.9 Å². The van der Waals surface area contributed by atoms with E-state index < -0.39 is 0 Å². The van der Waals surface area contributed by atoms with Crippen LogP contribution < -0.4 is 5.32 Å². The minimum absolute atomic E-state index is 0.0394. The van der Waals surface area contributed by atoms with Crippen molar-refractivity contribution in [1.82, 2.24) is 15.3 Å². The molecule has 0 radical (unpaired) electrons. The molecule has 1 unspecified atom stereocenters. The molecule has 3 rings (SSSR count). The quantitative estimate of drug-likeness (QED) is 0.755. The fourth-order valence-electron chi connectivity index (χ4n) is 2.23. The first-order chi connectivity index (χ1) is 8.25. The van der Waals surface area contributed by atoms with Crippen LogP contribution in [0.5, 0.6) is 5.75 Å². The predicted molar refractivity (Wildman–Crippen MR) is 67.9 cm³/mol. The molecule has 88 valence electrons. The fraction of sp³-hybridized carbons (Fsp3) is 0.250. The van der Waals surface area contributed by atoms with Gasteiger partial charge >= 0.3 is 0 Å². The lowest BCUT2D eigenvalue weighted by molar-refractivity contribution is 0.451. The number of hydrogen-bond donors (Lipinski definition) is 3. The summed E-state index contributed by atoms with van der Waals surface area (Å²) in [6.07, 6.45) is 2.65. The first-order valence-corrected chi connectivity index (χ1v) is 6.29. The average molecular weight is 294 g/mol. The number of H-pyrrole nitrogens is 1. The van der Waals surface area contributed by atoms with E-state index in [2.05, 4.69) is 31.2 Å². The Morgan fingerprint density at radius 1 is 1.41 bits per heavy atom. The van der Waals surface area contributed by atoms with Crippen LogP contribution in [-0.2, 0) is 6.42 Å². The number of aromatic hydroxyl groups is 1. The largest absolute Gasteiger partial charge is 0.508 e. The van der Waals surface area contributed by atoms with E-state index >= 15 is 0 Å². The number of aromatic amines is 1. The third-order valence-electron chi connectivity index (χ3n) is 3.05. The summed E-state index contributed by atoms with van der Waals surface area (Å²) in [6.45, 7) is 0.881. The third-order valence-corrected chi connectivity index (χ3v) is 3.54. The van der Waals surface area contributed by atoms with E-state index in [1.807, 2.05) is 12.1 Å². The molecule has 0 saturated heterocycles. The normalized spacial score (nSPS) is 19.0. The molecule has 2 aromatic rings. The molecule has 0 saturated carbocycles. The lowest BCUT2D eigenvalue weighted by Crippen LogP contribution is -2.30. The summed E-state index contributed by atoms with van der Waals surface area (Å²) >= 11 is 3.43. The van der Waals surface area contributed by atoms with Crippen molar-refractivity contribution in [3.05, 3.63) is 46.0 Å². The predicted octanol–water partition coefficient (Wildman–Crippen LogP) is 2.11. The molecule has 0 fully saturated rings. The number of imidazole rings is 1. The number of aromatic nitrogens is 2. The van der Waals surface area contributed by atoms with Gasteiger partial charge in [-0.05, 0) is 18.2 Å². The zero-order chi connectivity index (χ0) is 11.8. The van der Waals surface area contributed by atoms with Gasteiger partial charge in [-0.25, -0.2) is 4.98 Å². The second-order valence-electron chi connectivity index (χ2n) is 4.11. The summed E-state index contributed by atoms with van der Waals surface area (Å²) in [5.41, 5.74) is 2.98. The molecule has 1 aromatic carbocycles. The SMILES string of the molecule is Oc1ccc(Br)cc1C1NCCc2[nH]cnc21. The molecule has 3 N–H and O–H groups in total. The smallest absolute Gasteiger partial charge is 0.120 e. The zero-order valence-corrected chi connectivity index (χ0v) is 10.7. The van der Waals surface area contributed by atoms with Gasteiger partial charge in [0.15, 0.2) is 0 Å². The number of fused-ring (bicyclic) bond motifs is 1. The van der Waals surface area contributed by atoms with Gasteiger partial charge < -0.3 is 15.4 Å². The Morgan fingerprint density at radius 2 is 2.29 bits per heavy atom. The van der Waals surface area contributed by atoms with Gasteiger partial charge in [-0.1, -0.05) is 15.9 Å². The van der Waals surface area contributed by atoms with Gasteiger partial charge in [-0.3, -0.25) is 0 Å². The van der Waals surface area contributed by atoms with Gasteiger partial charge in [0.1, 0.15) is 5.75 Å². The van der Waals surface area contributed by atoms with Gasteiger partial charge in [-0.2, -0.15) is 0 Å². The summed E-state index contributed by atoms with van der Waals surface area (Å²) in [5, 5.41) is 13.3. The molecule has 4 nitrogen and oxygen atoms in total. The Hall–Kier alpha value is -1.33. The number of halogens is 1. The molecule has 2 heterocycles. The van der Waals surface area contributed by atoms with E-state index in [9.17, 15) is 5.11 Å². The van der Waals surface area contributed by atoms with Crippen LogP contribution in [0.25, 0.3) is 0 Å². The highest BCUT2D eigenvalue weighted by Gasteiger charge is 2.25. The van der Waals surface area contributed by atoms with Crippen molar-refractivity contribution in [1.29, 1.82) is 0 Å². The molecule has 0 spiro atoms. The van der Waals surface area contributed by atoms with Crippen molar-refractivity contribution < 1.29 is 5.11 Å². The molecule has 0 amide bonds. The van der Waals surface area contributed by atoms with Crippen LogP contribution in [0.2, 0.25) is 0 Å². The molecule has 1 aromatic heterocycles. The van der Waals surface area contributed by atoms with Gasteiger partial charge in [0.05, 0.1) is 18.1 Å². The number of benzene rings is 1. The van der Waals surface area contributed by atoms with Crippen molar-refractivity contribution in [3.8, 4) is 5.75 Å². The number of rotatable bonds is 1. The lowest BCUT2D eigenvalue weighted by atomic mass is 9.97. The summed E-state index contributed by atoms with van der Waals surface area (Å²) in [6, 6.07) is 5.41. The molecule has 1 aliphatic heterocycles. The van der Waals surface area contributed by atoms with Crippen molar-refractivity contribution in [2.45, 2.75) is 12.5 Å². The fourth-order valence-corrected chi connectivity index (χ4v) is 2.61. The Labute approximate surface area is 107 Å². The second-order valence-corrected chi connectivity index (χ2v) is 5.02. The number of nitrogens with one attached hydrogen (secondary N) is 2. The Morgan fingerprint density at radius 3 is 3.18 bits per heavy atom. The van der Waals surface area contributed by atoms with E-state index in [1.54, 1.807) is 12.4 Å². The minimum atomic E-state index is -0.0394. The molecular formula is C12H12BrN3O. The number of phenolic OH excluding ortho intramolecular Hbond substituents is 1. The summed E-state index contributed by atoms with van der Waals surface area (Å²) in [5.74, 6) is 0.293. The van der Waals surface area contributed by atoms with Gasteiger partial charge in [0, 0.05) is 28.7 Å². The minimum Gasteiger partial charge on any atom is -0.508 e. The Kier molecular flexibility index (Phi) is 2.64. The van der Waals surface area contributed by atoms with Crippen LogP contribution in [0.4, 0.5) is 0 Å². The zero-order valence-electron chi connectivity index (χ0n) is 9.07. The van der Waals surface area contributed by atoms with E-state index in [4.69, 9.17) is 0 Å².